The van der Waals surface area contributed by atoms with Crippen molar-refractivity contribution >= 4 is 33.0 Å². The summed E-state index contributed by atoms with van der Waals surface area (Å²) in [4.78, 5) is 14.0. The van der Waals surface area contributed by atoms with Gasteiger partial charge < -0.3 is 9.64 Å². The molecule has 1 amide bonds. The van der Waals surface area contributed by atoms with Crippen LogP contribution in [0.15, 0.2) is 12.1 Å². The number of carbonyl (C=O) groups is 1. The van der Waals surface area contributed by atoms with E-state index in [1.807, 2.05) is 0 Å². The molecule has 2 rings (SSSR count). The van der Waals surface area contributed by atoms with Gasteiger partial charge in [-0.2, -0.15) is 0 Å². The summed E-state index contributed by atoms with van der Waals surface area (Å²) in [6.45, 7) is 3.62. The van der Waals surface area contributed by atoms with Crippen molar-refractivity contribution in [3.63, 3.8) is 0 Å². The highest BCUT2D eigenvalue weighted by Crippen LogP contribution is 2.40. The van der Waals surface area contributed by atoms with E-state index in [4.69, 9.17) is 16.3 Å². The minimum Gasteiger partial charge on any atom is -0.495 e. The molecule has 0 radical (unpaired) electrons. The number of benzene rings is 1. The van der Waals surface area contributed by atoms with Crippen LogP contribution in [0.4, 0.5) is 5.69 Å². The maximum atomic E-state index is 12.5. The lowest BCUT2D eigenvalue weighted by Crippen LogP contribution is -2.40. The van der Waals surface area contributed by atoms with Gasteiger partial charge in [-0.05, 0) is 44.4 Å². The van der Waals surface area contributed by atoms with Gasteiger partial charge in [-0.15, -0.1) is 0 Å². The summed E-state index contributed by atoms with van der Waals surface area (Å²) in [5.74, 6) is -0.399. The van der Waals surface area contributed by atoms with Gasteiger partial charge in [0.2, 0.25) is 5.91 Å². The zero-order valence-electron chi connectivity index (χ0n) is 12.9. The average molecular weight is 346 g/mol. The van der Waals surface area contributed by atoms with Gasteiger partial charge >= 0.3 is 0 Å². The SMILES string of the molecule is COc1ccc(Cl)c2c1N(C(=O)CS(=O)(=O)C(C)C)CCC2. The van der Waals surface area contributed by atoms with E-state index in [0.29, 0.717) is 23.0 Å². The van der Waals surface area contributed by atoms with Crippen LogP contribution in [0, 0.1) is 0 Å². The molecule has 7 heteroatoms. The van der Waals surface area contributed by atoms with Gasteiger partial charge in [0.15, 0.2) is 9.84 Å². The fourth-order valence-corrected chi connectivity index (χ4v) is 3.56. The van der Waals surface area contributed by atoms with E-state index in [-0.39, 0.29) is 0 Å². The third-order valence-electron chi connectivity index (χ3n) is 3.83. The Morgan fingerprint density at radius 3 is 2.68 bits per heavy atom. The summed E-state index contributed by atoms with van der Waals surface area (Å²) < 4.78 is 29.3. The lowest BCUT2D eigenvalue weighted by Gasteiger charge is -2.31. The second-order valence-corrected chi connectivity index (χ2v) is 8.55. The number of carbonyl (C=O) groups excluding carboxylic acids is 1. The molecule has 22 heavy (non-hydrogen) atoms. The third kappa shape index (κ3) is 3.22. The number of nitrogens with zero attached hydrogens (tertiary/aromatic N) is 1. The van der Waals surface area contributed by atoms with Gasteiger partial charge in [0.1, 0.15) is 11.5 Å². The Morgan fingerprint density at radius 2 is 2.09 bits per heavy atom. The van der Waals surface area contributed by atoms with Gasteiger partial charge in [0.05, 0.1) is 18.0 Å². The highest BCUT2D eigenvalue weighted by molar-refractivity contribution is 7.92. The molecule has 1 aromatic carbocycles. The van der Waals surface area contributed by atoms with Gasteiger partial charge in [-0.25, -0.2) is 8.42 Å². The van der Waals surface area contributed by atoms with E-state index in [0.717, 1.165) is 18.4 Å². The Bertz CT molecular complexity index is 685. The minimum atomic E-state index is -3.44. The standard InChI is InChI=1S/C15H20ClNO4S/c1-10(2)22(19,20)9-14(18)17-8-4-5-11-12(16)6-7-13(21-3)15(11)17/h6-7,10H,4-5,8-9H2,1-3H3. The van der Waals surface area contributed by atoms with Gasteiger partial charge in [0.25, 0.3) is 0 Å². The molecular formula is C15H20ClNO4S. The number of sulfone groups is 1. The lowest BCUT2D eigenvalue weighted by atomic mass is 10.0. The molecule has 1 aliphatic rings. The number of anilines is 1. The average Bonchev–Trinajstić information content (AvgIpc) is 2.46. The highest BCUT2D eigenvalue weighted by Gasteiger charge is 2.31. The maximum Gasteiger partial charge on any atom is 0.242 e. The van der Waals surface area contributed by atoms with Crippen LogP contribution in [0.1, 0.15) is 25.8 Å². The molecule has 0 bridgehead atoms. The Morgan fingerprint density at radius 1 is 1.41 bits per heavy atom. The normalized spacial score (nSPS) is 14.9. The number of rotatable bonds is 4. The summed E-state index contributed by atoms with van der Waals surface area (Å²) in [7, 11) is -1.92. The minimum absolute atomic E-state index is 0.435. The summed E-state index contributed by atoms with van der Waals surface area (Å²) in [5.41, 5.74) is 1.44. The first kappa shape index (κ1) is 17.1. The van der Waals surface area contributed by atoms with Crippen LogP contribution in [0.2, 0.25) is 5.02 Å². The predicted molar refractivity (Wildman–Crippen MR) is 87.6 cm³/mol. The number of hydrogen-bond acceptors (Lipinski definition) is 4. The van der Waals surface area contributed by atoms with Crippen molar-refractivity contribution in [2.75, 3.05) is 24.3 Å². The van der Waals surface area contributed by atoms with Crippen molar-refractivity contribution in [2.45, 2.75) is 31.9 Å². The van der Waals surface area contributed by atoms with Crippen LogP contribution in [0.25, 0.3) is 0 Å². The Balaban J connectivity index is 2.41. The number of ether oxygens (including phenoxy) is 1. The monoisotopic (exact) mass is 345 g/mol. The zero-order valence-corrected chi connectivity index (χ0v) is 14.5. The van der Waals surface area contributed by atoms with Gasteiger partial charge in [-0.3, -0.25) is 4.79 Å². The number of fused-ring (bicyclic) bond motifs is 1. The van der Waals surface area contributed by atoms with Gasteiger partial charge in [-0.1, -0.05) is 11.6 Å². The number of methoxy groups -OCH3 is 1. The zero-order chi connectivity index (χ0) is 16.5. The lowest BCUT2D eigenvalue weighted by molar-refractivity contribution is -0.116. The van der Waals surface area contributed by atoms with Crippen molar-refractivity contribution in [1.82, 2.24) is 0 Å². The van der Waals surface area contributed by atoms with Crippen molar-refractivity contribution < 1.29 is 17.9 Å². The van der Waals surface area contributed by atoms with Crippen LogP contribution in [0.5, 0.6) is 5.75 Å². The molecule has 0 unspecified atom stereocenters. The Hall–Kier alpha value is -1.27. The molecule has 0 aromatic heterocycles. The molecule has 0 spiro atoms. The van der Waals surface area contributed by atoms with E-state index in [1.165, 1.54) is 12.0 Å². The fourth-order valence-electron chi connectivity index (χ4n) is 2.48. The number of halogens is 1. The fraction of sp³-hybridized carbons (Fsp3) is 0.533. The van der Waals surface area contributed by atoms with E-state index in [9.17, 15) is 13.2 Å². The molecule has 1 aromatic rings. The van der Waals surface area contributed by atoms with Gasteiger partial charge in [0, 0.05) is 11.6 Å². The molecule has 0 fully saturated rings. The topological polar surface area (TPSA) is 63.7 Å². The maximum absolute atomic E-state index is 12.5. The molecule has 5 nitrogen and oxygen atoms in total. The summed E-state index contributed by atoms with van der Waals surface area (Å²) in [6, 6.07) is 3.43. The van der Waals surface area contributed by atoms with E-state index in [2.05, 4.69) is 0 Å². The van der Waals surface area contributed by atoms with E-state index < -0.39 is 26.7 Å². The van der Waals surface area contributed by atoms with Crippen molar-refractivity contribution in [1.29, 1.82) is 0 Å². The van der Waals surface area contributed by atoms with Crippen LogP contribution in [-0.4, -0.2) is 39.0 Å². The second kappa shape index (κ2) is 6.46. The first-order chi connectivity index (χ1) is 10.3. The Kier molecular flexibility index (Phi) is 5.02. The molecular weight excluding hydrogens is 326 g/mol. The van der Waals surface area contributed by atoms with E-state index in [1.54, 1.807) is 26.0 Å². The molecule has 0 N–H and O–H groups in total. The summed E-state index contributed by atoms with van der Waals surface area (Å²) >= 11 is 6.21. The summed E-state index contributed by atoms with van der Waals surface area (Å²) in [5, 5.41) is -0.0121. The first-order valence-corrected chi connectivity index (χ1v) is 9.24. The quantitative estimate of drug-likeness (QED) is 0.840. The molecule has 0 saturated heterocycles. The van der Waals surface area contributed by atoms with Crippen molar-refractivity contribution in [2.24, 2.45) is 0 Å². The summed E-state index contributed by atoms with van der Waals surface area (Å²) in [6.07, 6.45) is 1.49. The number of amides is 1. The first-order valence-electron chi connectivity index (χ1n) is 7.15. The Labute approximate surface area is 136 Å². The smallest absolute Gasteiger partial charge is 0.242 e. The molecule has 122 valence electrons. The van der Waals surface area contributed by atoms with Crippen LogP contribution < -0.4 is 9.64 Å². The van der Waals surface area contributed by atoms with Crippen LogP contribution in [0.3, 0.4) is 0 Å². The van der Waals surface area contributed by atoms with Crippen LogP contribution in [-0.2, 0) is 21.1 Å². The number of hydrogen-bond donors (Lipinski definition) is 0. The third-order valence-corrected chi connectivity index (χ3v) is 6.27. The highest BCUT2D eigenvalue weighted by atomic mass is 35.5. The second-order valence-electron chi connectivity index (χ2n) is 5.58. The molecule has 0 aliphatic carbocycles. The predicted octanol–water partition coefficient (Wildman–Crippen LogP) is 2.45. The van der Waals surface area contributed by atoms with Crippen molar-refractivity contribution in [3.8, 4) is 5.75 Å². The molecule has 1 aliphatic heterocycles. The molecule has 1 heterocycles. The van der Waals surface area contributed by atoms with Crippen LogP contribution >= 0.6 is 11.6 Å². The molecule has 0 atom stereocenters. The van der Waals surface area contributed by atoms with Crippen molar-refractivity contribution in [3.05, 3.63) is 22.7 Å². The molecule has 0 saturated carbocycles. The van der Waals surface area contributed by atoms with E-state index >= 15 is 0 Å². The largest absolute Gasteiger partial charge is 0.495 e.